The van der Waals surface area contributed by atoms with Gasteiger partial charge in [-0.25, -0.2) is 14.9 Å². The second kappa shape index (κ2) is 3.83. The van der Waals surface area contributed by atoms with Crippen LogP contribution in [0, 0.1) is 10.1 Å². The van der Waals surface area contributed by atoms with Crippen molar-refractivity contribution in [3.8, 4) is 0 Å². The molecule has 0 fully saturated rings. The monoisotopic (exact) mass is 216 g/mol. The van der Waals surface area contributed by atoms with Crippen molar-refractivity contribution in [1.29, 1.82) is 0 Å². The van der Waals surface area contributed by atoms with Crippen molar-refractivity contribution in [3.63, 3.8) is 0 Å². The van der Waals surface area contributed by atoms with Crippen LogP contribution in [0.5, 0.6) is 0 Å². The molecule has 8 heteroatoms. The van der Waals surface area contributed by atoms with Crippen molar-refractivity contribution in [2.75, 3.05) is 0 Å². The predicted octanol–water partition coefficient (Wildman–Crippen LogP) is -1.43. The molecule has 1 aromatic heterocycles. The van der Waals surface area contributed by atoms with E-state index < -0.39 is 16.3 Å². The number of hydrogen-bond acceptors (Lipinski definition) is 4. The van der Waals surface area contributed by atoms with Crippen LogP contribution in [0.2, 0.25) is 0 Å². The first-order valence-corrected chi connectivity index (χ1v) is 2.58. The van der Waals surface area contributed by atoms with Crippen LogP contribution in [0.4, 0.5) is 0 Å². The van der Waals surface area contributed by atoms with E-state index in [2.05, 4.69) is 0 Å². The Kier molecular flexibility index (Phi) is 3.38. The quantitative estimate of drug-likeness (QED) is 0.459. The van der Waals surface area contributed by atoms with Gasteiger partial charge in [-0.15, -0.1) is 0 Å². The zero-order chi connectivity index (χ0) is 8.43. The fraction of sp³-hybridized carbons (Fsp3) is 0. The summed E-state index contributed by atoms with van der Waals surface area (Å²) < 4.78 is -0.111. The molecule has 0 aliphatic rings. The second-order valence-electron chi connectivity index (χ2n) is 1.67. The van der Waals surface area contributed by atoms with Crippen LogP contribution >= 0.6 is 0 Å². The Labute approximate surface area is 75.3 Å². The summed E-state index contributed by atoms with van der Waals surface area (Å²) in [4.78, 5) is 33.1. The molecule has 0 aromatic carbocycles. The third kappa shape index (κ3) is 1.80. The van der Waals surface area contributed by atoms with Crippen molar-refractivity contribution in [3.05, 3.63) is 43.2 Å². The molecule has 0 aliphatic carbocycles. The van der Waals surface area contributed by atoms with Gasteiger partial charge in [0.05, 0.1) is 0 Å². The second-order valence-corrected chi connectivity index (χ2v) is 1.67. The summed E-state index contributed by atoms with van der Waals surface area (Å²) in [5.41, 5.74) is -2.01. The van der Waals surface area contributed by atoms with Crippen LogP contribution in [0.15, 0.2) is 21.9 Å². The number of hydrogen-bond donors (Lipinski definition) is 1. The minimum Gasteiger partial charge on any atom is -0.309 e. The fourth-order valence-electron chi connectivity index (χ4n) is 0.571. The Morgan fingerprint density at radius 2 is 2.08 bits per heavy atom. The smallest absolute Gasteiger partial charge is 0.309 e. The van der Waals surface area contributed by atoms with E-state index in [4.69, 9.17) is 0 Å². The standard InChI is InChI=1S/C4H3N3O4.Co/c8-3-1-2-5-4(9)6(3)7(10)11;/h1-2H,(H,5,9);. The molecule has 0 unspecified atom stereocenters. The first-order valence-electron chi connectivity index (χ1n) is 2.58. The third-order valence-corrected chi connectivity index (χ3v) is 0.997. The molecule has 1 N–H and O–H groups in total. The molecule has 0 bridgehead atoms. The molecule has 0 saturated heterocycles. The number of aromatic amines is 1. The largest absolute Gasteiger partial charge is 0.389 e. The number of nitro groups is 1. The van der Waals surface area contributed by atoms with E-state index in [-0.39, 0.29) is 21.5 Å². The minimum absolute atomic E-state index is 0. The molecule has 67 valence electrons. The summed E-state index contributed by atoms with van der Waals surface area (Å²) in [5, 5.41) is 8.91. The van der Waals surface area contributed by atoms with Gasteiger partial charge in [0, 0.05) is 33.7 Å². The minimum atomic E-state index is -1.08. The molecule has 12 heavy (non-hydrogen) atoms. The molecule has 1 rings (SSSR count). The van der Waals surface area contributed by atoms with Gasteiger partial charge in [-0.1, -0.05) is 0 Å². The summed E-state index contributed by atoms with van der Waals surface area (Å²) in [7, 11) is 0. The molecule has 0 saturated carbocycles. The van der Waals surface area contributed by atoms with Crippen molar-refractivity contribution >= 4 is 0 Å². The van der Waals surface area contributed by atoms with Crippen LogP contribution < -0.4 is 11.2 Å². The maximum Gasteiger partial charge on any atom is 0.389 e. The Hall–Kier alpha value is -1.41. The Bertz CT molecular complexity index is 366. The normalized spacial score (nSPS) is 8.67. The van der Waals surface area contributed by atoms with Gasteiger partial charge in [0.25, 0.3) is 0 Å². The molecule has 1 aromatic rings. The number of aromatic nitrogens is 2. The summed E-state index contributed by atoms with van der Waals surface area (Å²) >= 11 is 0. The van der Waals surface area contributed by atoms with E-state index in [1.165, 1.54) is 0 Å². The first kappa shape index (κ1) is 10.6. The summed E-state index contributed by atoms with van der Waals surface area (Å²) in [6.07, 6.45) is 1.05. The molecular formula is C4H3CoN3O4. The van der Waals surface area contributed by atoms with E-state index >= 15 is 0 Å². The van der Waals surface area contributed by atoms with Gasteiger partial charge in [-0.3, -0.25) is 4.79 Å². The van der Waals surface area contributed by atoms with Crippen LogP contribution in [0.25, 0.3) is 0 Å². The van der Waals surface area contributed by atoms with E-state index in [0.29, 0.717) is 0 Å². The summed E-state index contributed by atoms with van der Waals surface area (Å²) in [6.45, 7) is 0. The maximum atomic E-state index is 10.6. The fourth-order valence-corrected chi connectivity index (χ4v) is 0.571. The Morgan fingerprint density at radius 3 is 2.42 bits per heavy atom. The molecule has 7 nitrogen and oxygen atoms in total. The zero-order valence-electron chi connectivity index (χ0n) is 5.52. The van der Waals surface area contributed by atoms with Crippen molar-refractivity contribution in [2.24, 2.45) is 0 Å². The molecule has 0 aliphatic heterocycles. The third-order valence-electron chi connectivity index (χ3n) is 0.997. The number of rotatable bonds is 1. The van der Waals surface area contributed by atoms with Crippen molar-refractivity contribution in [1.82, 2.24) is 9.66 Å². The van der Waals surface area contributed by atoms with Gasteiger partial charge in [0.2, 0.25) is 0 Å². The molecule has 0 atom stereocenters. The summed E-state index contributed by atoms with van der Waals surface area (Å²) in [6, 6.07) is 0.893. The zero-order valence-corrected chi connectivity index (χ0v) is 6.56. The van der Waals surface area contributed by atoms with Gasteiger partial charge in [0.15, 0.2) is 5.03 Å². The summed E-state index contributed by atoms with van der Waals surface area (Å²) in [5.74, 6) is 0. The van der Waals surface area contributed by atoms with Crippen LogP contribution in [0.1, 0.15) is 0 Å². The molecular weight excluding hydrogens is 213 g/mol. The average molecular weight is 216 g/mol. The van der Waals surface area contributed by atoms with Gasteiger partial charge in [-0.05, 0) is 0 Å². The Balaban J connectivity index is 0.00000121. The number of nitrogens with one attached hydrogen (secondary N) is 1. The molecule has 0 spiro atoms. The van der Waals surface area contributed by atoms with Gasteiger partial charge >= 0.3 is 11.2 Å². The van der Waals surface area contributed by atoms with Gasteiger partial charge in [-0.2, -0.15) is 0 Å². The topological polar surface area (TPSA) is 98.0 Å². The molecule has 0 amide bonds. The van der Waals surface area contributed by atoms with Crippen molar-refractivity contribution < 1.29 is 21.8 Å². The van der Waals surface area contributed by atoms with Crippen LogP contribution in [-0.4, -0.2) is 14.7 Å². The number of nitrogens with zero attached hydrogens (tertiary/aromatic N) is 2. The van der Waals surface area contributed by atoms with Crippen LogP contribution in [0.3, 0.4) is 0 Å². The van der Waals surface area contributed by atoms with Crippen LogP contribution in [-0.2, 0) is 16.8 Å². The van der Waals surface area contributed by atoms with Crippen molar-refractivity contribution in [2.45, 2.75) is 0 Å². The maximum absolute atomic E-state index is 10.6. The molecule has 1 heterocycles. The van der Waals surface area contributed by atoms with E-state index in [1.54, 1.807) is 0 Å². The average Bonchev–Trinajstić information content (AvgIpc) is 1.85. The van der Waals surface area contributed by atoms with E-state index in [1.807, 2.05) is 4.98 Å². The SMILES string of the molecule is O=c1cc[nH]c(=O)n1[N+](=O)[O-].[Co]. The predicted molar refractivity (Wildman–Crippen MR) is 33.7 cm³/mol. The van der Waals surface area contributed by atoms with Gasteiger partial charge in [0.1, 0.15) is 0 Å². The first-order chi connectivity index (χ1) is 5.13. The number of H-pyrrole nitrogens is 1. The molecule has 1 radical (unpaired) electrons. The van der Waals surface area contributed by atoms with Gasteiger partial charge < -0.3 is 4.98 Å². The Morgan fingerprint density at radius 1 is 1.50 bits per heavy atom. The van der Waals surface area contributed by atoms with E-state index in [0.717, 1.165) is 12.3 Å². The van der Waals surface area contributed by atoms with E-state index in [9.17, 15) is 19.7 Å².